The maximum Gasteiger partial charge on any atom is 0.342 e. The second kappa shape index (κ2) is 7.44. The lowest BCUT2D eigenvalue weighted by Gasteiger charge is -2.06. The fourth-order valence-electron chi connectivity index (χ4n) is 3.63. The number of hydrogen-bond acceptors (Lipinski definition) is 6. The first-order valence-corrected chi connectivity index (χ1v) is 10.4. The number of aryl methyl sites for hydroxylation is 2. The fraction of sp³-hybridized carbons (Fsp3) is 0.190. The van der Waals surface area contributed by atoms with E-state index in [9.17, 15) is 19.5 Å². The third-order valence-corrected chi connectivity index (χ3v) is 6.58. The van der Waals surface area contributed by atoms with E-state index in [0.29, 0.717) is 37.2 Å². The van der Waals surface area contributed by atoms with Gasteiger partial charge in [0.15, 0.2) is 0 Å². The molecule has 31 heavy (non-hydrogen) atoms. The van der Waals surface area contributed by atoms with E-state index in [2.05, 4.69) is 4.98 Å². The zero-order valence-electron chi connectivity index (χ0n) is 17.1. The SMILES string of the molecule is COC(=O)c1c(C)sc(-c2c(-c3ccc(Cl)cc3)[nH]c3c2c(=O)n(C)c(=O)n3C)c1O. The Bertz CT molecular complexity index is 1470. The van der Waals surface area contributed by atoms with Crippen molar-refractivity contribution in [1.29, 1.82) is 0 Å². The zero-order chi connectivity index (χ0) is 22.6. The molecule has 0 aliphatic carbocycles. The number of halogens is 1. The van der Waals surface area contributed by atoms with E-state index in [1.807, 2.05) is 0 Å². The van der Waals surface area contributed by atoms with Crippen LogP contribution in [0.2, 0.25) is 5.02 Å². The largest absolute Gasteiger partial charge is 0.505 e. The molecule has 10 heteroatoms. The van der Waals surface area contributed by atoms with Crippen molar-refractivity contribution in [3.8, 4) is 27.4 Å². The average molecular weight is 460 g/mol. The van der Waals surface area contributed by atoms with Crippen LogP contribution in [-0.4, -0.2) is 32.3 Å². The quantitative estimate of drug-likeness (QED) is 0.456. The number of carbonyl (C=O) groups excluding carboxylic acids is 1. The van der Waals surface area contributed by atoms with Crippen molar-refractivity contribution in [2.75, 3.05) is 7.11 Å². The molecule has 8 nitrogen and oxygen atoms in total. The molecule has 2 N–H and O–H groups in total. The minimum Gasteiger partial charge on any atom is -0.505 e. The molecule has 3 aromatic heterocycles. The molecule has 0 aliphatic heterocycles. The second-order valence-corrected chi connectivity index (χ2v) is 8.68. The van der Waals surface area contributed by atoms with Crippen LogP contribution < -0.4 is 11.2 Å². The van der Waals surface area contributed by atoms with Crippen molar-refractivity contribution in [2.24, 2.45) is 14.1 Å². The van der Waals surface area contributed by atoms with Crippen molar-refractivity contribution in [3.05, 3.63) is 60.6 Å². The summed E-state index contributed by atoms with van der Waals surface area (Å²) < 4.78 is 7.13. The highest BCUT2D eigenvalue weighted by Crippen LogP contribution is 2.47. The number of aromatic amines is 1. The lowest BCUT2D eigenvalue weighted by atomic mass is 10.0. The van der Waals surface area contributed by atoms with Crippen molar-refractivity contribution in [1.82, 2.24) is 14.1 Å². The number of nitrogens with zero attached hydrogens (tertiary/aromatic N) is 2. The summed E-state index contributed by atoms with van der Waals surface area (Å²) >= 11 is 7.19. The van der Waals surface area contributed by atoms with Crippen LogP contribution in [0.15, 0.2) is 33.9 Å². The molecular formula is C21H18ClN3O5S. The number of hydrogen-bond donors (Lipinski definition) is 2. The van der Waals surface area contributed by atoms with Gasteiger partial charge in [0, 0.05) is 29.6 Å². The number of H-pyrrole nitrogens is 1. The molecule has 0 spiro atoms. The summed E-state index contributed by atoms with van der Waals surface area (Å²) in [5, 5.41) is 11.7. The summed E-state index contributed by atoms with van der Waals surface area (Å²) in [5.74, 6) is -0.952. The maximum absolute atomic E-state index is 13.1. The maximum atomic E-state index is 13.1. The van der Waals surface area contributed by atoms with E-state index < -0.39 is 17.2 Å². The number of ether oxygens (including phenoxy) is 1. The molecule has 0 radical (unpaired) electrons. The van der Waals surface area contributed by atoms with Crippen molar-refractivity contribution >= 4 is 39.9 Å². The lowest BCUT2D eigenvalue weighted by Crippen LogP contribution is -2.36. The zero-order valence-corrected chi connectivity index (χ0v) is 18.6. The summed E-state index contributed by atoms with van der Waals surface area (Å²) in [6, 6.07) is 6.92. The summed E-state index contributed by atoms with van der Waals surface area (Å²) in [5.41, 5.74) is 0.936. The van der Waals surface area contributed by atoms with E-state index in [1.54, 1.807) is 38.2 Å². The molecule has 0 unspecified atom stereocenters. The molecule has 0 saturated carbocycles. The molecule has 1 aromatic carbocycles. The number of benzene rings is 1. The van der Waals surface area contributed by atoms with Crippen LogP contribution in [0.5, 0.6) is 5.75 Å². The summed E-state index contributed by atoms with van der Waals surface area (Å²) in [6.07, 6.45) is 0. The van der Waals surface area contributed by atoms with Crippen LogP contribution in [0, 0.1) is 6.92 Å². The Hall–Kier alpha value is -3.30. The third-order valence-electron chi connectivity index (χ3n) is 5.22. The first kappa shape index (κ1) is 21.0. The summed E-state index contributed by atoms with van der Waals surface area (Å²) in [6.45, 7) is 1.69. The van der Waals surface area contributed by atoms with E-state index in [-0.39, 0.29) is 16.7 Å². The van der Waals surface area contributed by atoms with Gasteiger partial charge < -0.3 is 14.8 Å². The van der Waals surface area contributed by atoms with Crippen LogP contribution >= 0.6 is 22.9 Å². The monoisotopic (exact) mass is 459 g/mol. The predicted octanol–water partition coefficient (Wildman–Crippen LogP) is 3.41. The highest BCUT2D eigenvalue weighted by molar-refractivity contribution is 7.16. The van der Waals surface area contributed by atoms with Crippen LogP contribution in [0.25, 0.3) is 32.7 Å². The van der Waals surface area contributed by atoms with Gasteiger partial charge in [-0.3, -0.25) is 13.9 Å². The highest BCUT2D eigenvalue weighted by Gasteiger charge is 2.29. The normalized spacial score (nSPS) is 11.3. The van der Waals surface area contributed by atoms with Gasteiger partial charge in [-0.15, -0.1) is 11.3 Å². The average Bonchev–Trinajstić information content (AvgIpc) is 3.28. The van der Waals surface area contributed by atoms with E-state index in [0.717, 1.165) is 15.9 Å². The Balaban J connectivity index is 2.20. The minimum absolute atomic E-state index is 0.0422. The molecule has 0 saturated heterocycles. The van der Waals surface area contributed by atoms with Crippen molar-refractivity contribution < 1.29 is 14.6 Å². The predicted molar refractivity (Wildman–Crippen MR) is 120 cm³/mol. The third kappa shape index (κ3) is 3.08. The Labute approximate surface area is 184 Å². The van der Waals surface area contributed by atoms with Gasteiger partial charge >= 0.3 is 11.7 Å². The number of aromatic nitrogens is 3. The van der Waals surface area contributed by atoms with Gasteiger partial charge in [-0.2, -0.15) is 0 Å². The molecule has 0 amide bonds. The first-order chi connectivity index (χ1) is 14.7. The molecule has 4 rings (SSSR count). The van der Waals surface area contributed by atoms with Gasteiger partial charge in [-0.25, -0.2) is 9.59 Å². The molecule has 0 atom stereocenters. The van der Waals surface area contributed by atoms with E-state index >= 15 is 0 Å². The number of methoxy groups -OCH3 is 1. The number of thiophene rings is 1. The van der Waals surface area contributed by atoms with E-state index in [4.69, 9.17) is 16.3 Å². The molecule has 0 bridgehead atoms. The number of fused-ring (bicyclic) bond motifs is 1. The van der Waals surface area contributed by atoms with Crippen LogP contribution in [-0.2, 0) is 18.8 Å². The fourth-order valence-corrected chi connectivity index (χ4v) is 4.85. The van der Waals surface area contributed by atoms with Gasteiger partial charge in [0.25, 0.3) is 5.56 Å². The summed E-state index contributed by atoms with van der Waals surface area (Å²) in [7, 11) is 4.17. The number of nitrogens with one attached hydrogen (secondary N) is 1. The highest BCUT2D eigenvalue weighted by atomic mass is 35.5. The van der Waals surface area contributed by atoms with Crippen LogP contribution in [0.3, 0.4) is 0 Å². The number of aromatic hydroxyl groups is 1. The molecule has 0 fully saturated rings. The van der Waals surface area contributed by atoms with Crippen LogP contribution in [0.1, 0.15) is 15.2 Å². The number of esters is 1. The van der Waals surface area contributed by atoms with Gasteiger partial charge in [-0.1, -0.05) is 23.7 Å². The van der Waals surface area contributed by atoms with Gasteiger partial charge in [0.1, 0.15) is 17.0 Å². The summed E-state index contributed by atoms with van der Waals surface area (Å²) in [4.78, 5) is 41.8. The van der Waals surface area contributed by atoms with Gasteiger partial charge in [0.2, 0.25) is 0 Å². The standard InChI is InChI=1S/C21H18ClN3O5S/c1-9-12(20(28)30-4)16(26)17(31-9)13-14-18(24(2)21(29)25(3)19(14)27)23-15(13)10-5-7-11(22)8-6-10/h5-8,23,26H,1-4H3. The Morgan fingerprint density at radius 3 is 2.42 bits per heavy atom. The minimum atomic E-state index is -0.675. The molecular weight excluding hydrogens is 442 g/mol. The smallest absolute Gasteiger partial charge is 0.342 e. The van der Waals surface area contributed by atoms with Gasteiger partial charge in [-0.05, 0) is 24.6 Å². The molecule has 0 aliphatic rings. The first-order valence-electron chi connectivity index (χ1n) is 9.16. The van der Waals surface area contributed by atoms with Crippen molar-refractivity contribution in [2.45, 2.75) is 6.92 Å². The molecule has 3 heterocycles. The van der Waals surface area contributed by atoms with Crippen molar-refractivity contribution in [3.63, 3.8) is 0 Å². The second-order valence-electron chi connectivity index (χ2n) is 7.01. The lowest BCUT2D eigenvalue weighted by molar-refractivity contribution is 0.0597. The molecule has 4 aromatic rings. The number of rotatable bonds is 3. The van der Waals surface area contributed by atoms with E-state index in [1.165, 1.54) is 18.7 Å². The Morgan fingerprint density at radius 1 is 1.16 bits per heavy atom. The topological polar surface area (TPSA) is 106 Å². The van der Waals surface area contributed by atoms with Crippen LogP contribution in [0.4, 0.5) is 0 Å². The van der Waals surface area contributed by atoms with Gasteiger partial charge in [0.05, 0.1) is 23.1 Å². The Kier molecular flexibility index (Phi) is 5.03. The molecule has 160 valence electrons. The number of carbonyl (C=O) groups is 1. The Morgan fingerprint density at radius 2 is 1.81 bits per heavy atom.